The SMILES string of the molecule is CCOC(=O)N1CCC[C@H]1CCOS(=O)(=O)c1ccc(C)cc1. The summed E-state index contributed by atoms with van der Waals surface area (Å²) in [7, 11) is -3.75. The lowest BCUT2D eigenvalue weighted by Crippen LogP contribution is -2.36. The van der Waals surface area contributed by atoms with Crippen LogP contribution in [-0.2, 0) is 19.0 Å². The average molecular weight is 341 g/mol. The first-order chi connectivity index (χ1) is 10.9. The number of ether oxygens (including phenoxy) is 1. The van der Waals surface area contributed by atoms with Crippen molar-refractivity contribution in [2.75, 3.05) is 19.8 Å². The van der Waals surface area contributed by atoms with Gasteiger partial charge in [0.2, 0.25) is 0 Å². The zero-order valence-corrected chi connectivity index (χ0v) is 14.3. The van der Waals surface area contributed by atoms with Crippen LogP contribution in [0.1, 0.15) is 31.7 Å². The van der Waals surface area contributed by atoms with Gasteiger partial charge in [0.25, 0.3) is 10.1 Å². The molecule has 1 atom stereocenters. The molecule has 1 aliphatic rings. The van der Waals surface area contributed by atoms with Crippen LogP contribution in [0.5, 0.6) is 0 Å². The average Bonchev–Trinajstić information content (AvgIpc) is 2.96. The van der Waals surface area contributed by atoms with Gasteiger partial charge < -0.3 is 9.64 Å². The van der Waals surface area contributed by atoms with E-state index in [1.807, 2.05) is 6.92 Å². The molecule has 128 valence electrons. The van der Waals surface area contributed by atoms with E-state index in [-0.39, 0.29) is 23.6 Å². The minimum atomic E-state index is -3.75. The van der Waals surface area contributed by atoms with Gasteiger partial charge in [0.15, 0.2) is 0 Å². The van der Waals surface area contributed by atoms with Gasteiger partial charge in [-0.25, -0.2) is 4.79 Å². The minimum Gasteiger partial charge on any atom is -0.450 e. The van der Waals surface area contributed by atoms with Crippen molar-refractivity contribution in [3.05, 3.63) is 29.8 Å². The maximum atomic E-state index is 12.1. The number of hydrogen-bond acceptors (Lipinski definition) is 5. The molecule has 1 saturated heterocycles. The van der Waals surface area contributed by atoms with Gasteiger partial charge in [-0.15, -0.1) is 0 Å². The van der Waals surface area contributed by atoms with E-state index in [1.54, 1.807) is 24.0 Å². The molecule has 0 unspecified atom stereocenters. The third-order valence-corrected chi connectivity index (χ3v) is 5.21. The second kappa shape index (κ2) is 7.79. The second-order valence-corrected chi connectivity index (χ2v) is 7.18. The quantitative estimate of drug-likeness (QED) is 0.744. The molecule has 7 heteroatoms. The number of likely N-dealkylation sites (tertiary alicyclic amines) is 1. The summed E-state index contributed by atoms with van der Waals surface area (Å²) in [6, 6.07) is 6.50. The zero-order valence-electron chi connectivity index (χ0n) is 13.5. The molecule has 1 fully saturated rings. The highest BCUT2D eigenvalue weighted by atomic mass is 32.2. The number of amides is 1. The molecule has 1 amide bonds. The van der Waals surface area contributed by atoms with E-state index in [0.29, 0.717) is 19.6 Å². The van der Waals surface area contributed by atoms with Gasteiger partial charge in [-0.1, -0.05) is 17.7 Å². The van der Waals surface area contributed by atoms with Crippen LogP contribution in [0.4, 0.5) is 4.79 Å². The maximum absolute atomic E-state index is 12.1. The highest BCUT2D eigenvalue weighted by Crippen LogP contribution is 2.22. The molecule has 0 aliphatic carbocycles. The Morgan fingerprint density at radius 2 is 2.00 bits per heavy atom. The fourth-order valence-electron chi connectivity index (χ4n) is 2.65. The molecule has 1 aliphatic heterocycles. The number of hydrogen-bond donors (Lipinski definition) is 0. The number of nitrogens with zero attached hydrogens (tertiary/aromatic N) is 1. The lowest BCUT2D eigenvalue weighted by molar-refractivity contribution is 0.0986. The Labute approximate surface area is 137 Å². The normalized spacial score (nSPS) is 18.2. The van der Waals surface area contributed by atoms with Crippen molar-refractivity contribution in [3.8, 4) is 0 Å². The summed E-state index contributed by atoms with van der Waals surface area (Å²) < 4.78 is 34.3. The summed E-state index contributed by atoms with van der Waals surface area (Å²) in [6.07, 6.45) is 1.88. The number of benzene rings is 1. The Hall–Kier alpha value is -1.60. The van der Waals surface area contributed by atoms with Gasteiger partial charge in [-0.2, -0.15) is 8.42 Å². The maximum Gasteiger partial charge on any atom is 0.409 e. The van der Waals surface area contributed by atoms with E-state index in [2.05, 4.69) is 0 Å². The van der Waals surface area contributed by atoms with Gasteiger partial charge in [0.1, 0.15) is 0 Å². The van der Waals surface area contributed by atoms with E-state index in [1.165, 1.54) is 12.1 Å². The standard InChI is InChI=1S/C16H23NO5S/c1-3-21-16(18)17-11-4-5-14(17)10-12-22-23(19,20)15-8-6-13(2)7-9-15/h6-9,14H,3-5,10-12H2,1-2H3/t14-/m0/s1. The van der Waals surface area contributed by atoms with Gasteiger partial charge in [-0.3, -0.25) is 4.18 Å². The van der Waals surface area contributed by atoms with E-state index in [0.717, 1.165) is 18.4 Å². The van der Waals surface area contributed by atoms with Crippen molar-refractivity contribution < 1.29 is 22.1 Å². The van der Waals surface area contributed by atoms with E-state index in [9.17, 15) is 13.2 Å². The van der Waals surface area contributed by atoms with E-state index >= 15 is 0 Å². The molecule has 0 spiro atoms. The number of carbonyl (C=O) groups excluding carboxylic acids is 1. The molecule has 1 aromatic rings. The van der Waals surface area contributed by atoms with Crippen LogP contribution >= 0.6 is 0 Å². The van der Waals surface area contributed by atoms with Gasteiger partial charge in [-0.05, 0) is 45.2 Å². The van der Waals surface area contributed by atoms with Crippen LogP contribution in [0.2, 0.25) is 0 Å². The van der Waals surface area contributed by atoms with Crippen LogP contribution < -0.4 is 0 Å². The Balaban J connectivity index is 1.88. The Morgan fingerprint density at radius 1 is 1.30 bits per heavy atom. The Bertz CT molecular complexity index is 626. The van der Waals surface area contributed by atoms with Crippen LogP contribution in [0, 0.1) is 6.92 Å². The Kier molecular flexibility index (Phi) is 6.01. The second-order valence-electron chi connectivity index (χ2n) is 5.57. The van der Waals surface area contributed by atoms with Crippen LogP contribution in [0.3, 0.4) is 0 Å². The predicted octanol–water partition coefficient (Wildman–Crippen LogP) is 2.71. The number of aryl methyl sites for hydroxylation is 1. The molecule has 0 radical (unpaired) electrons. The first-order valence-corrected chi connectivity index (χ1v) is 9.24. The van der Waals surface area contributed by atoms with Gasteiger partial charge in [0.05, 0.1) is 18.1 Å². The van der Waals surface area contributed by atoms with Crippen molar-refractivity contribution in [3.63, 3.8) is 0 Å². The molecule has 0 aromatic heterocycles. The highest BCUT2D eigenvalue weighted by Gasteiger charge is 2.30. The van der Waals surface area contributed by atoms with Crippen molar-refractivity contribution in [2.45, 2.75) is 44.0 Å². The fraction of sp³-hybridized carbons (Fsp3) is 0.562. The summed E-state index contributed by atoms with van der Waals surface area (Å²) in [5, 5.41) is 0. The van der Waals surface area contributed by atoms with Gasteiger partial charge in [0, 0.05) is 12.6 Å². The van der Waals surface area contributed by atoms with Crippen molar-refractivity contribution >= 4 is 16.2 Å². The summed E-state index contributed by atoms with van der Waals surface area (Å²) >= 11 is 0. The Morgan fingerprint density at radius 3 is 2.65 bits per heavy atom. The fourth-order valence-corrected chi connectivity index (χ4v) is 3.57. The van der Waals surface area contributed by atoms with Crippen LogP contribution in [0.25, 0.3) is 0 Å². The van der Waals surface area contributed by atoms with E-state index in [4.69, 9.17) is 8.92 Å². The molecule has 0 saturated carbocycles. The lowest BCUT2D eigenvalue weighted by Gasteiger charge is -2.23. The molecule has 0 bridgehead atoms. The topological polar surface area (TPSA) is 72.9 Å². The predicted molar refractivity (Wildman–Crippen MR) is 85.7 cm³/mol. The molecule has 1 heterocycles. The zero-order chi connectivity index (χ0) is 16.9. The monoisotopic (exact) mass is 341 g/mol. The summed E-state index contributed by atoms with van der Waals surface area (Å²) in [4.78, 5) is 13.6. The van der Waals surface area contributed by atoms with Crippen LogP contribution in [-0.4, -0.2) is 45.2 Å². The van der Waals surface area contributed by atoms with Gasteiger partial charge >= 0.3 is 6.09 Å². The summed E-state index contributed by atoms with van der Waals surface area (Å²) in [6.45, 7) is 4.69. The third kappa shape index (κ3) is 4.68. The van der Waals surface area contributed by atoms with Crippen molar-refractivity contribution in [1.29, 1.82) is 0 Å². The van der Waals surface area contributed by atoms with Crippen molar-refractivity contribution in [2.24, 2.45) is 0 Å². The largest absolute Gasteiger partial charge is 0.450 e. The number of rotatable bonds is 6. The molecule has 6 nitrogen and oxygen atoms in total. The summed E-state index contributed by atoms with van der Waals surface area (Å²) in [5.74, 6) is 0. The molecule has 0 N–H and O–H groups in total. The first-order valence-electron chi connectivity index (χ1n) is 7.83. The van der Waals surface area contributed by atoms with Crippen molar-refractivity contribution in [1.82, 2.24) is 4.90 Å². The molecular formula is C16H23NO5S. The molecule has 2 rings (SSSR count). The smallest absolute Gasteiger partial charge is 0.409 e. The first kappa shape index (κ1) is 17.7. The molecular weight excluding hydrogens is 318 g/mol. The highest BCUT2D eigenvalue weighted by molar-refractivity contribution is 7.86. The van der Waals surface area contributed by atoms with Crippen LogP contribution in [0.15, 0.2) is 29.2 Å². The number of carbonyl (C=O) groups is 1. The third-order valence-electron chi connectivity index (χ3n) is 3.88. The molecule has 23 heavy (non-hydrogen) atoms. The lowest BCUT2D eigenvalue weighted by atomic mass is 10.1. The van der Waals surface area contributed by atoms with E-state index < -0.39 is 10.1 Å². The minimum absolute atomic E-state index is 0.0257. The molecule has 1 aromatic carbocycles. The summed E-state index contributed by atoms with van der Waals surface area (Å²) in [5.41, 5.74) is 0.986.